The summed E-state index contributed by atoms with van der Waals surface area (Å²) < 4.78 is 4.84. The van der Waals surface area contributed by atoms with Crippen molar-refractivity contribution in [1.82, 2.24) is 9.80 Å². The van der Waals surface area contributed by atoms with Crippen LogP contribution in [0.3, 0.4) is 0 Å². The van der Waals surface area contributed by atoms with Gasteiger partial charge in [0.15, 0.2) is 0 Å². The van der Waals surface area contributed by atoms with Gasteiger partial charge in [0.1, 0.15) is 5.70 Å². The van der Waals surface area contributed by atoms with E-state index in [1.54, 1.807) is 12.1 Å². The first kappa shape index (κ1) is 22.9. The molecule has 2 amide bonds. The Morgan fingerprint density at radius 2 is 1.94 bits per heavy atom. The highest BCUT2D eigenvalue weighted by atomic mass is 35.5. The van der Waals surface area contributed by atoms with Crippen LogP contribution in [0.1, 0.15) is 13.3 Å². The Balaban J connectivity index is 1.87. The van der Waals surface area contributed by atoms with Crippen LogP contribution >= 0.6 is 11.6 Å². The average Bonchev–Trinajstić information content (AvgIpc) is 3.08. The molecule has 2 aliphatic heterocycles. The topological polar surface area (TPSA) is 102 Å². The van der Waals surface area contributed by atoms with E-state index in [1.807, 2.05) is 17.9 Å². The van der Waals surface area contributed by atoms with E-state index in [0.717, 1.165) is 5.69 Å². The number of amides is 2. The number of carbonyl (C=O) groups is 3. The first-order valence-electron chi connectivity index (χ1n) is 10.2. The van der Waals surface area contributed by atoms with Gasteiger partial charge in [-0.15, -0.1) is 0 Å². The van der Waals surface area contributed by atoms with Crippen LogP contribution in [0.15, 0.2) is 29.5 Å². The van der Waals surface area contributed by atoms with Crippen molar-refractivity contribution in [3.63, 3.8) is 0 Å². The minimum Gasteiger partial charge on any atom is -0.466 e. The summed E-state index contributed by atoms with van der Waals surface area (Å²) in [5.74, 6) is -0.868. The highest BCUT2D eigenvalue weighted by molar-refractivity contribution is 6.31. The molecule has 0 saturated carbocycles. The maximum atomic E-state index is 12.9. The summed E-state index contributed by atoms with van der Waals surface area (Å²) in [7, 11) is 1.26. The monoisotopic (exact) mass is 450 g/mol. The van der Waals surface area contributed by atoms with Crippen molar-refractivity contribution in [1.29, 1.82) is 0 Å². The number of hydrogen-bond acceptors (Lipinski definition) is 7. The fourth-order valence-corrected chi connectivity index (χ4v) is 3.96. The first-order chi connectivity index (χ1) is 14.9. The molecular formula is C21H27ClN4O5. The van der Waals surface area contributed by atoms with Crippen LogP contribution in [0.4, 0.5) is 11.4 Å². The van der Waals surface area contributed by atoms with Gasteiger partial charge in [0.05, 0.1) is 37.2 Å². The quantitative estimate of drug-likeness (QED) is 0.599. The summed E-state index contributed by atoms with van der Waals surface area (Å²) in [5, 5.41) is 12.8. The summed E-state index contributed by atoms with van der Waals surface area (Å²) >= 11 is 6.22. The Bertz CT molecular complexity index is 896. The molecule has 2 N–H and O–H groups in total. The molecule has 31 heavy (non-hydrogen) atoms. The molecule has 2 aliphatic rings. The van der Waals surface area contributed by atoms with Crippen molar-refractivity contribution in [3.8, 4) is 0 Å². The zero-order valence-corrected chi connectivity index (χ0v) is 18.4. The number of benzene rings is 1. The Hall–Kier alpha value is -2.78. The van der Waals surface area contributed by atoms with Gasteiger partial charge in [0.2, 0.25) is 5.91 Å². The lowest BCUT2D eigenvalue weighted by Gasteiger charge is -2.37. The summed E-state index contributed by atoms with van der Waals surface area (Å²) in [6, 6.07) is 5.31. The second kappa shape index (κ2) is 10.0. The Kier molecular flexibility index (Phi) is 7.40. The van der Waals surface area contributed by atoms with Gasteiger partial charge in [-0.05, 0) is 18.2 Å². The molecule has 0 spiro atoms. The number of ether oxygens (including phenoxy) is 1. The summed E-state index contributed by atoms with van der Waals surface area (Å²) in [6.07, 6.45) is 0.477. The van der Waals surface area contributed by atoms with Crippen LogP contribution in [0, 0.1) is 0 Å². The number of anilines is 2. The predicted octanol–water partition coefficient (Wildman–Crippen LogP) is 1.07. The third kappa shape index (κ3) is 4.94. The maximum absolute atomic E-state index is 12.9. The van der Waals surface area contributed by atoms with Gasteiger partial charge >= 0.3 is 5.97 Å². The Labute approximate surface area is 186 Å². The van der Waals surface area contributed by atoms with Gasteiger partial charge in [-0.1, -0.05) is 18.5 Å². The molecular weight excluding hydrogens is 424 g/mol. The highest BCUT2D eigenvalue weighted by Gasteiger charge is 2.35. The van der Waals surface area contributed by atoms with Crippen molar-refractivity contribution < 1.29 is 24.2 Å². The van der Waals surface area contributed by atoms with E-state index in [1.165, 1.54) is 12.0 Å². The lowest BCUT2D eigenvalue weighted by atomic mass is 10.1. The number of halogens is 1. The standard InChI is InChI=1S/C21H27ClN4O5/c1-3-18(28)25-8-6-24(7-9-25)17-5-4-14(22)12-16(17)23-19-15(21(30)31-2)13-26(10-11-27)20(19)29/h4-5,12,23,27H,3,6-11,13H2,1-2H3. The van der Waals surface area contributed by atoms with Crippen molar-refractivity contribution in [3.05, 3.63) is 34.5 Å². The molecule has 1 aromatic carbocycles. The van der Waals surface area contributed by atoms with Gasteiger partial charge in [0, 0.05) is 44.2 Å². The van der Waals surface area contributed by atoms with Gasteiger partial charge < -0.3 is 29.9 Å². The van der Waals surface area contributed by atoms with Crippen molar-refractivity contribution >= 4 is 40.8 Å². The second-order valence-electron chi connectivity index (χ2n) is 7.30. The van der Waals surface area contributed by atoms with Crippen LogP contribution in [0.25, 0.3) is 0 Å². The molecule has 1 saturated heterocycles. The lowest BCUT2D eigenvalue weighted by Crippen LogP contribution is -2.48. The number of β-amino-alcohol motifs (C(OH)–C–C–N with tert-alkyl or cyclic N) is 1. The molecule has 168 valence electrons. The van der Waals surface area contributed by atoms with E-state index < -0.39 is 11.9 Å². The number of esters is 1. The Morgan fingerprint density at radius 3 is 2.55 bits per heavy atom. The van der Waals surface area contributed by atoms with Gasteiger partial charge in [-0.3, -0.25) is 9.59 Å². The van der Waals surface area contributed by atoms with Crippen molar-refractivity contribution in [2.24, 2.45) is 0 Å². The minimum absolute atomic E-state index is 0.0576. The number of aliphatic hydroxyl groups is 1. The zero-order valence-electron chi connectivity index (χ0n) is 17.7. The fourth-order valence-electron chi connectivity index (χ4n) is 3.79. The number of carbonyl (C=O) groups excluding carboxylic acids is 3. The number of rotatable bonds is 7. The molecule has 9 nitrogen and oxygen atoms in total. The number of piperazine rings is 1. The van der Waals surface area contributed by atoms with Crippen LogP contribution in [-0.2, 0) is 19.1 Å². The smallest absolute Gasteiger partial charge is 0.337 e. The minimum atomic E-state index is -0.605. The average molecular weight is 451 g/mol. The van der Waals surface area contributed by atoms with Crippen molar-refractivity contribution in [2.45, 2.75) is 13.3 Å². The molecule has 2 heterocycles. The van der Waals surface area contributed by atoms with Crippen LogP contribution in [-0.4, -0.2) is 85.7 Å². The number of methoxy groups -OCH3 is 1. The largest absolute Gasteiger partial charge is 0.466 e. The number of hydrogen-bond donors (Lipinski definition) is 2. The zero-order chi connectivity index (χ0) is 22.5. The fraction of sp³-hybridized carbons (Fsp3) is 0.476. The number of aliphatic hydroxyl groups excluding tert-OH is 1. The van der Waals surface area contributed by atoms with E-state index in [4.69, 9.17) is 16.3 Å². The van der Waals surface area contributed by atoms with Gasteiger partial charge in [0.25, 0.3) is 5.91 Å². The predicted molar refractivity (Wildman–Crippen MR) is 117 cm³/mol. The van der Waals surface area contributed by atoms with E-state index in [2.05, 4.69) is 10.2 Å². The molecule has 0 aromatic heterocycles. The van der Waals surface area contributed by atoms with E-state index in [-0.39, 0.29) is 36.9 Å². The number of nitrogens with zero attached hydrogens (tertiary/aromatic N) is 3. The first-order valence-corrected chi connectivity index (χ1v) is 10.6. The Morgan fingerprint density at radius 1 is 1.23 bits per heavy atom. The van der Waals surface area contributed by atoms with Crippen molar-refractivity contribution in [2.75, 3.05) is 63.2 Å². The molecule has 1 fully saturated rings. The maximum Gasteiger partial charge on any atom is 0.337 e. The molecule has 1 aromatic rings. The molecule has 0 atom stereocenters. The van der Waals surface area contributed by atoms with Crippen LogP contribution in [0.2, 0.25) is 5.02 Å². The number of nitrogens with one attached hydrogen (secondary N) is 1. The second-order valence-corrected chi connectivity index (χ2v) is 7.74. The van der Waals surface area contributed by atoms with E-state index in [0.29, 0.717) is 43.3 Å². The summed E-state index contributed by atoms with van der Waals surface area (Å²) in [4.78, 5) is 42.4. The van der Waals surface area contributed by atoms with E-state index >= 15 is 0 Å². The molecule has 0 aliphatic carbocycles. The van der Waals surface area contributed by atoms with Gasteiger partial charge in [-0.25, -0.2) is 4.79 Å². The SMILES string of the molecule is CCC(=O)N1CCN(c2ccc(Cl)cc2NC2=C(C(=O)OC)CN(CCO)C2=O)CC1. The lowest BCUT2D eigenvalue weighted by molar-refractivity contribution is -0.136. The van der Waals surface area contributed by atoms with Gasteiger partial charge in [-0.2, -0.15) is 0 Å². The molecule has 0 bridgehead atoms. The third-order valence-corrected chi connectivity index (χ3v) is 5.68. The third-order valence-electron chi connectivity index (χ3n) is 5.45. The molecule has 0 unspecified atom stereocenters. The molecule has 0 radical (unpaired) electrons. The van der Waals surface area contributed by atoms with E-state index in [9.17, 15) is 19.5 Å². The molecule has 10 heteroatoms. The summed E-state index contributed by atoms with van der Waals surface area (Å²) in [6.45, 7) is 4.29. The van der Waals surface area contributed by atoms with Crippen LogP contribution < -0.4 is 10.2 Å². The van der Waals surface area contributed by atoms with Crippen LogP contribution in [0.5, 0.6) is 0 Å². The highest BCUT2D eigenvalue weighted by Crippen LogP contribution is 2.33. The molecule has 3 rings (SSSR count). The normalized spacial score (nSPS) is 16.8. The summed E-state index contributed by atoms with van der Waals surface area (Å²) in [5.41, 5.74) is 1.71.